The monoisotopic (exact) mass is 347 g/mol. The fourth-order valence-electron chi connectivity index (χ4n) is 2.50. The van der Waals surface area contributed by atoms with E-state index in [2.05, 4.69) is 17.0 Å². The van der Waals surface area contributed by atoms with Gasteiger partial charge in [-0.25, -0.2) is 14.5 Å². The van der Waals surface area contributed by atoms with Crippen molar-refractivity contribution in [3.63, 3.8) is 0 Å². The van der Waals surface area contributed by atoms with Crippen molar-refractivity contribution in [2.24, 2.45) is 0 Å². The number of esters is 1. The highest BCUT2D eigenvalue weighted by atomic mass is 16.5. The Morgan fingerprint density at radius 1 is 1.12 bits per heavy atom. The van der Waals surface area contributed by atoms with Gasteiger partial charge in [-0.15, -0.1) is 5.10 Å². The summed E-state index contributed by atoms with van der Waals surface area (Å²) in [6.45, 7) is 5.97. The molecule has 0 saturated heterocycles. The summed E-state index contributed by atoms with van der Waals surface area (Å²) in [5.74, 6) is 0.360. The van der Waals surface area contributed by atoms with Gasteiger partial charge < -0.3 is 4.74 Å². The third kappa shape index (κ3) is 4.06. The number of nitrogens with zero attached hydrogens (tertiary/aromatic N) is 3. The molecule has 132 valence electrons. The maximum atomic E-state index is 11.7. The molecule has 0 N–H and O–H groups in total. The molecule has 0 aliphatic rings. The van der Waals surface area contributed by atoms with Gasteiger partial charge in [0.15, 0.2) is 5.82 Å². The third-order valence-electron chi connectivity index (χ3n) is 3.94. The first-order chi connectivity index (χ1) is 12.6. The van der Waals surface area contributed by atoms with E-state index in [-0.39, 0.29) is 5.97 Å². The summed E-state index contributed by atoms with van der Waals surface area (Å²) < 4.78 is 6.75. The van der Waals surface area contributed by atoms with Crippen molar-refractivity contribution in [3.8, 4) is 17.1 Å². The first-order valence-corrected chi connectivity index (χ1v) is 8.51. The van der Waals surface area contributed by atoms with Gasteiger partial charge >= 0.3 is 5.97 Å². The quantitative estimate of drug-likeness (QED) is 0.512. The van der Waals surface area contributed by atoms with Crippen LogP contribution in [0.1, 0.15) is 25.0 Å². The van der Waals surface area contributed by atoms with Crippen LogP contribution in [0.3, 0.4) is 0 Å². The second-order valence-electron chi connectivity index (χ2n) is 6.02. The van der Waals surface area contributed by atoms with E-state index in [1.807, 2.05) is 48.5 Å². The summed E-state index contributed by atoms with van der Waals surface area (Å²) >= 11 is 0. The number of rotatable bonds is 5. The van der Waals surface area contributed by atoms with Gasteiger partial charge in [-0.2, -0.15) is 0 Å². The molecule has 26 heavy (non-hydrogen) atoms. The zero-order chi connectivity index (χ0) is 18.5. The van der Waals surface area contributed by atoms with E-state index in [1.54, 1.807) is 30.9 Å². The van der Waals surface area contributed by atoms with Crippen LogP contribution >= 0.6 is 0 Å². The van der Waals surface area contributed by atoms with Gasteiger partial charge in [0.2, 0.25) is 0 Å². The van der Waals surface area contributed by atoms with Gasteiger partial charge in [0.1, 0.15) is 6.33 Å². The maximum Gasteiger partial charge on any atom is 0.333 e. The molecule has 1 aromatic heterocycles. The van der Waals surface area contributed by atoms with Gasteiger partial charge in [0.25, 0.3) is 0 Å². The number of aryl methyl sites for hydroxylation is 1. The third-order valence-corrected chi connectivity index (χ3v) is 3.94. The standard InChI is InChI=1S/C21H21N3O2/c1-4-26-21(25)16(3)13-17-7-9-18(10-8-17)20-22-14-24(23-20)19-11-5-15(2)6-12-19/h5-14H,4H2,1-3H3/b16-13+. The summed E-state index contributed by atoms with van der Waals surface area (Å²) in [5.41, 5.74) is 4.59. The molecule has 1 heterocycles. The van der Waals surface area contributed by atoms with Crippen molar-refractivity contribution >= 4 is 12.0 Å². The Morgan fingerprint density at radius 2 is 1.81 bits per heavy atom. The number of aromatic nitrogens is 3. The van der Waals surface area contributed by atoms with Crippen LogP contribution in [0.4, 0.5) is 0 Å². The summed E-state index contributed by atoms with van der Waals surface area (Å²) in [5, 5.41) is 4.54. The zero-order valence-electron chi connectivity index (χ0n) is 15.1. The Balaban J connectivity index is 1.78. The van der Waals surface area contributed by atoms with Crippen LogP contribution in [-0.4, -0.2) is 27.3 Å². The second kappa shape index (κ2) is 7.78. The largest absolute Gasteiger partial charge is 0.463 e. The molecule has 5 nitrogen and oxygen atoms in total. The molecule has 0 bridgehead atoms. The summed E-state index contributed by atoms with van der Waals surface area (Å²) in [4.78, 5) is 16.1. The van der Waals surface area contributed by atoms with E-state index in [0.29, 0.717) is 18.0 Å². The predicted molar refractivity (Wildman–Crippen MR) is 102 cm³/mol. The van der Waals surface area contributed by atoms with Gasteiger partial charge in [-0.1, -0.05) is 42.0 Å². The van der Waals surface area contributed by atoms with Crippen molar-refractivity contribution in [2.45, 2.75) is 20.8 Å². The molecular formula is C21H21N3O2. The van der Waals surface area contributed by atoms with Crippen LogP contribution in [0.15, 0.2) is 60.4 Å². The smallest absolute Gasteiger partial charge is 0.333 e. The summed E-state index contributed by atoms with van der Waals surface area (Å²) in [6, 6.07) is 15.9. The molecule has 0 fully saturated rings. The van der Waals surface area contributed by atoms with E-state index in [9.17, 15) is 4.79 Å². The molecule has 0 radical (unpaired) electrons. The van der Waals surface area contributed by atoms with Gasteiger partial charge in [-0.05, 0) is 44.5 Å². The Kier molecular flexibility index (Phi) is 5.27. The first-order valence-electron chi connectivity index (χ1n) is 8.51. The molecule has 0 unspecified atom stereocenters. The van der Waals surface area contributed by atoms with Crippen molar-refractivity contribution in [2.75, 3.05) is 6.61 Å². The lowest BCUT2D eigenvalue weighted by Gasteiger charge is -2.02. The molecular weight excluding hydrogens is 326 g/mol. The van der Waals surface area contributed by atoms with Crippen LogP contribution in [0.5, 0.6) is 0 Å². The fraction of sp³-hybridized carbons (Fsp3) is 0.190. The van der Waals surface area contributed by atoms with Gasteiger partial charge in [0, 0.05) is 11.1 Å². The molecule has 0 aliphatic heterocycles. The van der Waals surface area contributed by atoms with Crippen LogP contribution < -0.4 is 0 Å². The van der Waals surface area contributed by atoms with E-state index in [0.717, 1.165) is 16.8 Å². The lowest BCUT2D eigenvalue weighted by atomic mass is 10.1. The highest BCUT2D eigenvalue weighted by molar-refractivity contribution is 5.93. The highest BCUT2D eigenvalue weighted by Gasteiger charge is 2.07. The van der Waals surface area contributed by atoms with Crippen LogP contribution in [0, 0.1) is 6.92 Å². The van der Waals surface area contributed by atoms with Crippen LogP contribution in [0.2, 0.25) is 0 Å². The van der Waals surface area contributed by atoms with Crippen molar-refractivity contribution in [1.29, 1.82) is 0 Å². The van der Waals surface area contributed by atoms with Gasteiger partial charge in [-0.3, -0.25) is 0 Å². The average molecular weight is 347 g/mol. The Morgan fingerprint density at radius 3 is 2.46 bits per heavy atom. The second-order valence-corrected chi connectivity index (χ2v) is 6.02. The molecule has 0 atom stereocenters. The Labute approximate surface area is 153 Å². The molecule has 2 aromatic carbocycles. The minimum Gasteiger partial charge on any atom is -0.463 e. The Bertz CT molecular complexity index is 923. The predicted octanol–water partition coefficient (Wildman–Crippen LogP) is 4.21. The number of carbonyl (C=O) groups is 1. The van der Waals surface area contributed by atoms with Crippen LogP contribution in [0.25, 0.3) is 23.2 Å². The number of hydrogen-bond acceptors (Lipinski definition) is 4. The molecule has 0 saturated carbocycles. The number of carbonyl (C=O) groups excluding carboxylic acids is 1. The van der Waals surface area contributed by atoms with E-state index < -0.39 is 0 Å². The minimum atomic E-state index is -0.296. The molecule has 3 rings (SSSR count). The minimum absolute atomic E-state index is 0.296. The van der Waals surface area contributed by atoms with Crippen molar-refractivity contribution in [3.05, 3.63) is 71.6 Å². The SMILES string of the molecule is CCOC(=O)/C(C)=C/c1ccc(-c2ncn(-c3ccc(C)cc3)n2)cc1. The average Bonchev–Trinajstić information content (AvgIpc) is 3.13. The first kappa shape index (κ1) is 17.6. The van der Waals surface area contributed by atoms with Crippen LogP contribution in [-0.2, 0) is 9.53 Å². The molecule has 0 amide bonds. The molecule has 0 aliphatic carbocycles. The van der Waals surface area contributed by atoms with Crippen molar-refractivity contribution in [1.82, 2.24) is 14.8 Å². The highest BCUT2D eigenvalue weighted by Crippen LogP contribution is 2.18. The van der Waals surface area contributed by atoms with Crippen molar-refractivity contribution < 1.29 is 9.53 Å². The molecule has 5 heteroatoms. The number of hydrogen-bond donors (Lipinski definition) is 0. The lowest BCUT2D eigenvalue weighted by Crippen LogP contribution is -2.04. The topological polar surface area (TPSA) is 57.0 Å². The fourth-order valence-corrected chi connectivity index (χ4v) is 2.50. The molecule has 0 spiro atoms. The van der Waals surface area contributed by atoms with E-state index in [1.165, 1.54) is 5.56 Å². The normalized spacial score (nSPS) is 11.4. The summed E-state index contributed by atoms with van der Waals surface area (Å²) in [6.07, 6.45) is 3.51. The molecule has 3 aromatic rings. The zero-order valence-corrected chi connectivity index (χ0v) is 15.1. The van der Waals surface area contributed by atoms with Gasteiger partial charge in [0.05, 0.1) is 12.3 Å². The number of benzene rings is 2. The maximum absolute atomic E-state index is 11.7. The Hall–Kier alpha value is -3.21. The lowest BCUT2D eigenvalue weighted by molar-refractivity contribution is -0.138. The van der Waals surface area contributed by atoms with E-state index in [4.69, 9.17) is 4.74 Å². The van der Waals surface area contributed by atoms with E-state index >= 15 is 0 Å². The number of ether oxygens (including phenoxy) is 1. The summed E-state index contributed by atoms with van der Waals surface area (Å²) in [7, 11) is 0.